The van der Waals surface area contributed by atoms with Crippen LogP contribution in [0.2, 0.25) is 0 Å². The summed E-state index contributed by atoms with van der Waals surface area (Å²) in [5, 5.41) is 6.49. The van der Waals surface area contributed by atoms with Crippen molar-refractivity contribution in [3.63, 3.8) is 0 Å². The first-order valence-electron chi connectivity index (χ1n) is 38.3. The van der Waals surface area contributed by atoms with Gasteiger partial charge < -0.3 is 0 Å². The molecule has 5 heteroatoms. The van der Waals surface area contributed by atoms with Crippen molar-refractivity contribution in [2.24, 2.45) is 41.2 Å². The molecule has 104 heavy (non-hydrogen) atoms. The summed E-state index contributed by atoms with van der Waals surface area (Å²) >= 11 is 0. The van der Waals surface area contributed by atoms with Crippen LogP contribution >= 0.6 is 0 Å². The normalized spacial score (nSPS) is 11.7. The fourth-order valence-electron chi connectivity index (χ4n) is 15.4. The van der Waals surface area contributed by atoms with E-state index in [1.165, 1.54) is 172 Å². The van der Waals surface area contributed by atoms with Crippen molar-refractivity contribution in [1.29, 1.82) is 0 Å². The predicted octanol–water partition coefficient (Wildman–Crippen LogP) is 22.5. The summed E-state index contributed by atoms with van der Waals surface area (Å²) < 4.78 is 34.0. The maximum absolute atomic E-state index is 7.52. The van der Waals surface area contributed by atoms with E-state index in [4.69, 9.17) is 4.11 Å². The summed E-state index contributed by atoms with van der Waals surface area (Å²) in [7, 11) is 10.7. The quantitative estimate of drug-likeness (QED) is 0.142. The number of hydrogen-bond donors (Lipinski definition) is 0. The summed E-state index contributed by atoms with van der Waals surface area (Å²) in [4.78, 5) is 0. The Hall–Kier alpha value is -10.8. The van der Waals surface area contributed by atoms with Gasteiger partial charge in [-0.2, -0.15) is 22.8 Å². The van der Waals surface area contributed by atoms with Crippen molar-refractivity contribution in [3.8, 4) is 56.3 Å². The van der Waals surface area contributed by atoms with Crippen molar-refractivity contribution in [1.82, 2.24) is 0 Å². The second kappa shape index (κ2) is 31.9. The first-order valence-corrected chi connectivity index (χ1v) is 36.8. The largest absolute Gasteiger partial charge is 0.213 e. The Morgan fingerprint density at radius 1 is 0.269 bits per heavy atom. The van der Waals surface area contributed by atoms with E-state index in [0.29, 0.717) is 11.5 Å². The molecule has 0 saturated heterocycles. The molecule has 0 amide bonds. The number of para-hydroxylation sites is 3. The molecule has 0 fully saturated rings. The van der Waals surface area contributed by atoms with Gasteiger partial charge in [-0.05, 0) is 250 Å². The molecule has 524 valence electrons. The zero-order chi connectivity index (χ0) is 77.0. The molecule has 0 aliphatic carbocycles. The highest BCUT2D eigenvalue weighted by atomic mass is 15.0. The van der Waals surface area contributed by atoms with Gasteiger partial charge in [0.25, 0.3) is 0 Å². The minimum absolute atomic E-state index is 0.386. The molecular weight excluding hydrogens is 1260 g/mol. The van der Waals surface area contributed by atoms with E-state index in [-0.39, 0.29) is 0 Å². The monoisotopic (exact) mass is 1370 g/mol. The number of aryl methyl sites for hydroxylation is 17. The number of fused-ring (bicyclic) bond motifs is 5. The first-order chi connectivity index (χ1) is 50.9. The second-order valence-electron chi connectivity index (χ2n) is 29.6. The molecule has 0 aliphatic heterocycles. The molecule has 0 atom stereocenters. The summed E-state index contributed by atoms with van der Waals surface area (Å²) in [6.07, 6.45) is 1.12. The van der Waals surface area contributed by atoms with Crippen molar-refractivity contribution >= 4 is 54.5 Å². The van der Waals surface area contributed by atoms with Crippen LogP contribution in [0.25, 0.3) is 111 Å². The van der Waals surface area contributed by atoms with Gasteiger partial charge in [0.2, 0.25) is 56.1 Å². The van der Waals surface area contributed by atoms with E-state index in [0.717, 1.165) is 28.8 Å². The minimum Gasteiger partial charge on any atom is -0.194 e. The van der Waals surface area contributed by atoms with Crippen LogP contribution in [0.5, 0.6) is 0 Å². The van der Waals surface area contributed by atoms with Crippen molar-refractivity contribution < 1.29 is 26.9 Å². The Balaban J connectivity index is 0.000000134. The maximum Gasteiger partial charge on any atom is 0.213 e. The molecule has 0 N–H and O–H groups in total. The van der Waals surface area contributed by atoms with Crippen LogP contribution in [0.3, 0.4) is 0 Å². The zero-order valence-electron chi connectivity index (χ0n) is 68.5. The molecule has 5 heterocycles. The van der Waals surface area contributed by atoms with Gasteiger partial charge in [-0.1, -0.05) is 145 Å². The maximum atomic E-state index is 7.52. The Morgan fingerprint density at radius 2 is 0.625 bits per heavy atom. The van der Waals surface area contributed by atoms with Crippen LogP contribution in [0.1, 0.15) is 107 Å². The zero-order valence-corrected chi connectivity index (χ0v) is 65.5. The fourth-order valence-corrected chi connectivity index (χ4v) is 15.4. The van der Waals surface area contributed by atoms with Gasteiger partial charge in [-0.25, -0.2) is 0 Å². The third-order valence-electron chi connectivity index (χ3n) is 21.3. The number of hydrogen-bond acceptors (Lipinski definition) is 0. The van der Waals surface area contributed by atoms with Gasteiger partial charge in [0.15, 0.2) is 0 Å². The predicted molar refractivity (Wildman–Crippen MR) is 442 cm³/mol. The van der Waals surface area contributed by atoms with Crippen LogP contribution in [0.4, 0.5) is 0 Å². The van der Waals surface area contributed by atoms with E-state index in [1.54, 1.807) is 12.1 Å². The molecule has 0 unspecified atom stereocenters. The number of aromatic nitrogens is 5. The van der Waals surface area contributed by atoms with Crippen LogP contribution in [0, 0.1) is 110 Å². The van der Waals surface area contributed by atoms with Gasteiger partial charge in [-0.15, -0.1) is 0 Å². The van der Waals surface area contributed by atoms with Crippen LogP contribution < -0.4 is 22.8 Å². The fraction of sp³-hybridized carbons (Fsp3) is 0.242. The van der Waals surface area contributed by atoms with Crippen LogP contribution in [-0.4, -0.2) is 0 Å². The van der Waals surface area contributed by atoms with E-state index in [9.17, 15) is 0 Å². The highest BCUT2D eigenvalue weighted by molar-refractivity contribution is 5.86. The lowest BCUT2D eigenvalue weighted by atomic mass is 9.95. The Labute approximate surface area is 624 Å². The lowest BCUT2D eigenvalue weighted by Gasteiger charge is -2.12. The Morgan fingerprint density at radius 3 is 1.07 bits per heavy atom. The van der Waals surface area contributed by atoms with E-state index < -0.39 is 6.85 Å². The van der Waals surface area contributed by atoms with Crippen LogP contribution in [0.15, 0.2) is 237 Å². The summed E-state index contributed by atoms with van der Waals surface area (Å²) in [6.45, 7) is 32.9. The minimum atomic E-state index is -2.06. The summed E-state index contributed by atoms with van der Waals surface area (Å²) in [5.74, 6) is 0.669. The van der Waals surface area contributed by atoms with Crippen molar-refractivity contribution in [2.45, 2.75) is 124 Å². The van der Waals surface area contributed by atoms with E-state index in [1.807, 2.05) is 32.2 Å². The molecule has 0 radical (unpaired) electrons. The molecule has 0 saturated carbocycles. The number of pyridine rings is 5. The second-order valence-corrected chi connectivity index (χ2v) is 29.6. The molecule has 0 aliphatic rings. The molecule has 10 aromatic carbocycles. The number of benzene rings is 10. The standard InChI is InChI=1S/C23H28N.C21H24N.C19H20N.2C18H18N/c1-15(2)12-19-8-7-9-22-20(19)10-11-23(24(22)6)21-14-16(3)13-17(4)18(21)5;1-13-10-15(3)17(5)18(11-13)20-12-16(4)21-14(2)8-7-9-19(21)22(20)6;1-13-11-14(2)15(3)17(12-13)19-10-9-16-7-5-6-8-18(16)20(19)4;2*1-13-8-10-16(14(2)12-13)18-11-9-15-6-4-5-7-17(15)19(18)3/h7-11,13-15H,12H2,1-6H3;7-12H,1-6H3;5-12H,1-4H3;2*4-12H,1-3H3/q5*+1/i;;;1D3;. The average Bonchev–Trinajstić information content (AvgIpc) is 0.553. The Kier molecular flexibility index (Phi) is 21.5. The van der Waals surface area contributed by atoms with Crippen molar-refractivity contribution in [3.05, 3.63) is 326 Å². The highest BCUT2D eigenvalue weighted by Gasteiger charge is 2.24. The SMILES string of the molecule is Cc1cc(C)c(C)c(-c2cc(C)c3c(C)cccc3[n+]2C)c1.Cc1cc(C)c(C)c(-c2ccc3c(CC(C)C)cccc3[n+]2C)c1.Cc1cc(C)c(C)c(-c2ccc3ccccc3[n+]2C)c1.Cc1ccc(-c2ccc3ccccc3[n+]2C)c(C)c1.[2H]C([2H])([2H])c1ccc(-c2ccc3ccccc3[n+]2C)c(C)c1. The van der Waals surface area contributed by atoms with Crippen LogP contribution in [-0.2, 0) is 41.7 Å². The molecule has 0 spiro atoms. The first kappa shape index (κ1) is 70.3. The summed E-state index contributed by atoms with van der Waals surface area (Å²) in [5.41, 5.74) is 39.1. The smallest absolute Gasteiger partial charge is 0.194 e. The molecule has 5 aromatic heterocycles. The lowest BCUT2D eigenvalue weighted by molar-refractivity contribution is -0.633. The van der Waals surface area contributed by atoms with E-state index in [2.05, 4.69) is 361 Å². The van der Waals surface area contributed by atoms with Gasteiger partial charge in [0.1, 0.15) is 35.2 Å². The van der Waals surface area contributed by atoms with Crippen molar-refractivity contribution in [2.75, 3.05) is 0 Å². The number of rotatable bonds is 7. The van der Waals surface area contributed by atoms with E-state index >= 15 is 0 Å². The van der Waals surface area contributed by atoms with Gasteiger partial charge in [0.05, 0.1) is 5.39 Å². The molecule has 5 nitrogen and oxygen atoms in total. The van der Waals surface area contributed by atoms with Gasteiger partial charge >= 0.3 is 0 Å². The molecular formula is C99H108N5+5. The molecule has 0 bridgehead atoms. The molecule has 15 rings (SSSR count). The average molecular weight is 1370 g/mol. The topological polar surface area (TPSA) is 19.4 Å². The van der Waals surface area contributed by atoms with Gasteiger partial charge in [-0.3, -0.25) is 0 Å². The lowest BCUT2D eigenvalue weighted by Crippen LogP contribution is -2.32. The third kappa shape index (κ3) is 15.9. The number of nitrogens with zero attached hydrogens (tertiary/aromatic N) is 5. The summed E-state index contributed by atoms with van der Waals surface area (Å²) in [6, 6.07) is 84.1. The Bertz CT molecular complexity index is 5880. The van der Waals surface area contributed by atoms with Gasteiger partial charge in [0, 0.05) is 114 Å². The third-order valence-corrected chi connectivity index (χ3v) is 21.3. The molecule has 15 aromatic rings. The highest BCUT2D eigenvalue weighted by Crippen LogP contribution is 2.33.